The van der Waals surface area contributed by atoms with Gasteiger partial charge in [0.2, 0.25) is 0 Å². The van der Waals surface area contributed by atoms with E-state index in [2.05, 4.69) is 31.1 Å². The number of carbonyl (C=O) groups excluding carboxylic acids is 2. The molecule has 1 aromatic heterocycles. The van der Waals surface area contributed by atoms with Gasteiger partial charge in [0.25, 0.3) is 5.91 Å². The maximum absolute atomic E-state index is 12.2. The van der Waals surface area contributed by atoms with Crippen molar-refractivity contribution in [1.82, 2.24) is 4.98 Å². The van der Waals surface area contributed by atoms with E-state index in [4.69, 9.17) is 9.47 Å². The van der Waals surface area contributed by atoms with E-state index in [9.17, 15) is 9.59 Å². The van der Waals surface area contributed by atoms with Gasteiger partial charge in [0.05, 0.1) is 23.5 Å². The van der Waals surface area contributed by atoms with Crippen molar-refractivity contribution in [2.24, 2.45) is 0 Å². The summed E-state index contributed by atoms with van der Waals surface area (Å²) in [6.07, 6.45) is 0. The molecule has 140 valence electrons. The fourth-order valence-electron chi connectivity index (χ4n) is 2.38. The lowest BCUT2D eigenvalue weighted by atomic mass is 9.87. The number of nitrogens with zero attached hydrogens (tertiary/aromatic N) is 1. The monoisotopic (exact) mass is 376 g/mol. The van der Waals surface area contributed by atoms with Crippen LogP contribution in [0.3, 0.4) is 0 Å². The summed E-state index contributed by atoms with van der Waals surface area (Å²) in [7, 11) is 1.54. The fourth-order valence-corrected chi connectivity index (χ4v) is 3.19. The van der Waals surface area contributed by atoms with E-state index in [0.717, 1.165) is 10.6 Å². The maximum Gasteiger partial charge on any atom is 0.350 e. The number of thiazole rings is 1. The molecule has 0 aliphatic heterocycles. The third-order valence-corrected chi connectivity index (χ3v) is 4.82. The van der Waals surface area contributed by atoms with Gasteiger partial charge in [-0.3, -0.25) is 4.79 Å². The summed E-state index contributed by atoms with van der Waals surface area (Å²) in [4.78, 5) is 28.9. The minimum absolute atomic E-state index is 0.0697. The highest BCUT2D eigenvalue weighted by Crippen LogP contribution is 2.31. The van der Waals surface area contributed by atoms with E-state index in [-0.39, 0.29) is 12.0 Å². The first-order valence-electron chi connectivity index (χ1n) is 8.21. The fraction of sp³-hybridized carbons (Fsp3) is 0.421. The summed E-state index contributed by atoms with van der Waals surface area (Å²) in [5.74, 6) is -0.424. The third kappa shape index (κ3) is 4.82. The highest BCUT2D eigenvalue weighted by molar-refractivity contribution is 7.13. The highest BCUT2D eigenvalue weighted by atomic mass is 32.1. The molecule has 2 rings (SSSR count). The molecule has 26 heavy (non-hydrogen) atoms. The lowest BCUT2D eigenvalue weighted by Gasteiger charge is -2.21. The summed E-state index contributed by atoms with van der Waals surface area (Å²) >= 11 is 1.25. The molecule has 1 N–H and O–H groups in total. The molecule has 2 aromatic rings. The van der Waals surface area contributed by atoms with Crippen molar-refractivity contribution in [2.45, 2.75) is 40.0 Å². The Labute approximate surface area is 157 Å². The smallest absolute Gasteiger partial charge is 0.350 e. The second kappa shape index (κ2) is 7.86. The largest absolute Gasteiger partial charge is 0.495 e. The number of hydrogen-bond donors (Lipinski definition) is 1. The number of aromatic nitrogens is 1. The van der Waals surface area contributed by atoms with Gasteiger partial charge in [0.1, 0.15) is 10.6 Å². The summed E-state index contributed by atoms with van der Waals surface area (Å²) in [6.45, 7) is 9.43. The molecule has 0 spiro atoms. The predicted octanol–water partition coefficient (Wildman–Crippen LogP) is 3.86. The van der Waals surface area contributed by atoms with Crippen LogP contribution in [-0.2, 0) is 14.9 Å². The molecular formula is C19H24N2O4S. The van der Waals surface area contributed by atoms with E-state index >= 15 is 0 Å². The van der Waals surface area contributed by atoms with Gasteiger partial charge in [-0.25, -0.2) is 9.78 Å². The molecule has 0 bridgehead atoms. The predicted molar refractivity (Wildman–Crippen MR) is 102 cm³/mol. The number of esters is 1. The average Bonchev–Trinajstić information content (AvgIpc) is 2.90. The van der Waals surface area contributed by atoms with Gasteiger partial charge in [-0.1, -0.05) is 26.8 Å². The van der Waals surface area contributed by atoms with Crippen molar-refractivity contribution in [2.75, 3.05) is 19.0 Å². The Morgan fingerprint density at radius 1 is 1.23 bits per heavy atom. The van der Waals surface area contributed by atoms with Crippen molar-refractivity contribution in [3.05, 3.63) is 39.3 Å². The Kier molecular flexibility index (Phi) is 6.02. The Bertz CT molecular complexity index is 821. The molecule has 1 amide bonds. The van der Waals surface area contributed by atoms with E-state index in [1.54, 1.807) is 6.92 Å². The molecule has 1 aromatic carbocycles. The van der Waals surface area contributed by atoms with Crippen LogP contribution in [0.15, 0.2) is 18.2 Å². The molecule has 7 heteroatoms. The number of methoxy groups -OCH3 is 1. The zero-order chi connectivity index (χ0) is 19.5. The highest BCUT2D eigenvalue weighted by Gasteiger charge is 2.19. The van der Waals surface area contributed by atoms with Gasteiger partial charge in [0, 0.05) is 0 Å². The zero-order valence-corrected chi connectivity index (χ0v) is 16.7. The standard InChI is InChI=1S/C19H24N2O4S/c1-11-17(26-12(2)20-11)18(23)25-10-16(22)21-14-9-13(19(3,4)5)7-8-15(14)24-6/h7-9H,10H2,1-6H3,(H,21,22). The third-order valence-electron chi connectivity index (χ3n) is 3.76. The van der Waals surface area contributed by atoms with Crippen molar-refractivity contribution in [1.29, 1.82) is 0 Å². The summed E-state index contributed by atoms with van der Waals surface area (Å²) in [5, 5.41) is 3.53. The van der Waals surface area contributed by atoms with Gasteiger partial charge >= 0.3 is 5.97 Å². The average molecular weight is 376 g/mol. The van der Waals surface area contributed by atoms with Crippen LogP contribution in [0.4, 0.5) is 5.69 Å². The number of hydrogen-bond acceptors (Lipinski definition) is 6. The van der Waals surface area contributed by atoms with Crippen LogP contribution in [0.2, 0.25) is 0 Å². The van der Waals surface area contributed by atoms with Crippen molar-refractivity contribution in [3.8, 4) is 5.75 Å². The maximum atomic E-state index is 12.2. The molecule has 0 unspecified atom stereocenters. The first kappa shape index (κ1) is 19.9. The Hall–Kier alpha value is -2.41. The Balaban J connectivity index is 2.05. The first-order valence-corrected chi connectivity index (χ1v) is 9.03. The Morgan fingerprint density at radius 3 is 2.46 bits per heavy atom. The molecule has 0 radical (unpaired) electrons. The number of nitrogens with one attached hydrogen (secondary N) is 1. The molecule has 1 heterocycles. The minimum atomic E-state index is -0.543. The van der Waals surface area contributed by atoms with Crippen LogP contribution in [0.5, 0.6) is 5.75 Å². The SMILES string of the molecule is COc1ccc(C(C)(C)C)cc1NC(=O)COC(=O)c1sc(C)nc1C. The molecule has 6 nitrogen and oxygen atoms in total. The number of benzene rings is 1. The van der Waals surface area contributed by atoms with Crippen LogP contribution in [0.1, 0.15) is 46.7 Å². The van der Waals surface area contributed by atoms with Gasteiger partial charge in [-0.05, 0) is 37.0 Å². The number of rotatable bonds is 5. The van der Waals surface area contributed by atoms with Crippen LogP contribution in [0, 0.1) is 13.8 Å². The molecule has 0 atom stereocenters. The molecule has 0 aliphatic rings. The van der Waals surface area contributed by atoms with E-state index in [0.29, 0.717) is 22.0 Å². The van der Waals surface area contributed by atoms with Crippen LogP contribution in [-0.4, -0.2) is 30.6 Å². The van der Waals surface area contributed by atoms with Crippen LogP contribution in [0.25, 0.3) is 0 Å². The van der Waals surface area contributed by atoms with E-state index in [1.165, 1.54) is 18.4 Å². The molecular weight excluding hydrogens is 352 g/mol. The van der Waals surface area contributed by atoms with E-state index in [1.807, 2.05) is 25.1 Å². The topological polar surface area (TPSA) is 77.5 Å². The van der Waals surface area contributed by atoms with Gasteiger partial charge in [0.15, 0.2) is 6.61 Å². The number of aryl methyl sites for hydroxylation is 2. The summed E-state index contributed by atoms with van der Waals surface area (Å²) in [5.41, 5.74) is 2.14. The van der Waals surface area contributed by atoms with E-state index < -0.39 is 11.9 Å². The number of carbonyl (C=O) groups is 2. The Morgan fingerprint density at radius 2 is 1.92 bits per heavy atom. The van der Waals surface area contributed by atoms with Crippen molar-refractivity contribution in [3.63, 3.8) is 0 Å². The second-order valence-electron chi connectivity index (χ2n) is 6.94. The van der Waals surface area contributed by atoms with Gasteiger partial charge < -0.3 is 14.8 Å². The molecule has 0 aliphatic carbocycles. The minimum Gasteiger partial charge on any atom is -0.495 e. The summed E-state index contributed by atoms with van der Waals surface area (Å²) in [6, 6.07) is 5.64. The van der Waals surface area contributed by atoms with Crippen LogP contribution >= 0.6 is 11.3 Å². The lowest BCUT2D eigenvalue weighted by molar-refractivity contribution is -0.119. The molecule has 0 saturated heterocycles. The lowest BCUT2D eigenvalue weighted by Crippen LogP contribution is -2.21. The van der Waals surface area contributed by atoms with Crippen molar-refractivity contribution < 1.29 is 19.1 Å². The zero-order valence-electron chi connectivity index (χ0n) is 15.9. The number of ether oxygens (including phenoxy) is 2. The normalized spacial score (nSPS) is 11.2. The van der Waals surface area contributed by atoms with Gasteiger partial charge in [-0.2, -0.15) is 0 Å². The molecule has 0 fully saturated rings. The number of amides is 1. The van der Waals surface area contributed by atoms with Crippen LogP contribution < -0.4 is 10.1 Å². The quantitative estimate of drug-likeness (QED) is 0.802. The summed E-state index contributed by atoms with van der Waals surface area (Å²) < 4.78 is 10.4. The van der Waals surface area contributed by atoms with Crippen molar-refractivity contribution >= 4 is 28.9 Å². The second-order valence-corrected chi connectivity index (χ2v) is 8.14. The number of anilines is 1. The van der Waals surface area contributed by atoms with Gasteiger partial charge in [-0.15, -0.1) is 11.3 Å². The first-order chi connectivity index (χ1) is 12.1. The molecule has 0 saturated carbocycles.